The molecule has 0 radical (unpaired) electrons. The molecule has 176 valence electrons. The van der Waals surface area contributed by atoms with E-state index in [2.05, 4.69) is 38.7 Å². The summed E-state index contributed by atoms with van der Waals surface area (Å²) in [5.41, 5.74) is 2.51. The molecule has 3 aromatic rings. The van der Waals surface area contributed by atoms with E-state index >= 15 is 0 Å². The molecule has 2 fully saturated rings. The van der Waals surface area contributed by atoms with Crippen LogP contribution in [0.2, 0.25) is 5.02 Å². The van der Waals surface area contributed by atoms with E-state index in [-0.39, 0.29) is 0 Å². The fourth-order valence-corrected chi connectivity index (χ4v) is 5.32. The van der Waals surface area contributed by atoms with Gasteiger partial charge in [0.25, 0.3) is 0 Å². The van der Waals surface area contributed by atoms with Gasteiger partial charge in [0.1, 0.15) is 5.69 Å². The maximum atomic E-state index is 7.01. The van der Waals surface area contributed by atoms with Gasteiger partial charge in [0.15, 0.2) is 11.5 Å². The maximum absolute atomic E-state index is 7.01. The second-order valence-electron chi connectivity index (χ2n) is 9.49. The van der Waals surface area contributed by atoms with Crippen LogP contribution in [-0.2, 0) is 6.54 Å². The van der Waals surface area contributed by atoms with Crippen LogP contribution in [0.5, 0.6) is 0 Å². The molecule has 2 aromatic heterocycles. The highest BCUT2D eigenvalue weighted by atomic mass is 35.5. The summed E-state index contributed by atoms with van der Waals surface area (Å²) in [6.45, 7) is 12.8. The summed E-state index contributed by atoms with van der Waals surface area (Å²) in [6, 6.07) is 10.7. The molecule has 2 aliphatic rings. The van der Waals surface area contributed by atoms with Crippen LogP contribution in [0, 0.1) is 0 Å². The Morgan fingerprint density at radius 2 is 1.61 bits per heavy atom. The number of piperazine rings is 1. The summed E-state index contributed by atoms with van der Waals surface area (Å²) in [6.07, 6.45) is 3.66. The molecule has 7 nitrogen and oxygen atoms in total. The van der Waals surface area contributed by atoms with Crippen molar-refractivity contribution < 1.29 is 0 Å². The van der Waals surface area contributed by atoms with Gasteiger partial charge in [-0.15, -0.1) is 10.2 Å². The molecule has 0 amide bonds. The average molecular weight is 468 g/mol. The van der Waals surface area contributed by atoms with Crippen LogP contribution in [0.4, 0.5) is 5.82 Å². The van der Waals surface area contributed by atoms with Gasteiger partial charge in [-0.3, -0.25) is 9.80 Å². The topological polar surface area (TPSA) is 53.3 Å². The average Bonchev–Trinajstić information content (AvgIpc) is 3.24. The predicted octanol–water partition coefficient (Wildman–Crippen LogP) is 4.16. The number of rotatable bonds is 6. The molecule has 0 N–H and O–H groups in total. The Hall–Kier alpha value is -2.22. The Balaban J connectivity index is 1.44. The second kappa shape index (κ2) is 9.95. The Morgan fingerprint density at radius 3 is 2.30 bits per heavy atom. The van der Waals surface area contributed by atoms with Crippen molar-refractivity contribution in [2.75, 3.05) is 50.7 Å². The third-order valence-corrected chi connectivity index (χ3v) is 7.42. The van der Waals surface area contributed by atoms with E-state index in [9.17, 15) is 0 Å². The number of nitrogens with zero attached hydrogens (tertiary/aromatic N) is 7. The van der Waals surface area contributed by atoms with E-state index in [0.717, 1.165) is 80.5 Å². The van der Waals surface area contributed by atoms with Crippen LogP contribution in [0.1, 0.15) is 33.1 Å². The zero-order valence-electron chi connectivity index (χ0n) is 19.8. The molecule has 8 heteroatoms. The molecule has 1 aromatic carbocycles. The number of halogens is 1. The summed E-state index contributed by atoms with van der Waals surface area (Å²) < 4.78 is 2.03. The summed E-state index contributed by atoms with van der Waals surface area (Å²) in [4.78, 5) is 7.46. The smallest absolute Gasteiger partial charge is 0.184 e. The molecule has 33 heavy (non-hydrogen) atoms. The van der Waals surface area contributed by atoms with Crippen molar-refractivity contribution in [1.29, 1.82) is 0 Å². The summed E-state index contributed by atoms with van der Waals surface area (Å²) in [5, 5.41) is 15.8. The van der Waals surface area contributed by atoms with Crippen LogP contribution in [0.15, 0.2) is 30.3 Å². The van der Waals surface area contributed by atoms with Crippen LogP contribution >= 0.6 is 11.6 Å². The van der Waals surface area contributed by atoms with Crippen molar-refractivity contribution in [2.24, 2.45) is 0 Å². The number of hydrogen-bond donors (Lipinski definition) is 0. The van der Waals surface area contributed by atoms with Crippen molar-refractivity contribution in [3.8, 4) is 11.3 Å². The minimum absolute atomic E-state index is 0.616. The van der Waals surface area contributed by atoms with Crippen LogP contribution in [-0.4, -0.2) is 81.6 Å². The Labute approximate surface area is 201 Å². The number of hydrogen-bond acceptors (Lipinski definition) is 6. The van der Waals surface area contributed by atoms with Gasteiger partial charge in [-0.1, -0.05) is 41.9 Å². The van der Waals surface area contributed by atoms with Crippen LogP contribution < -0.4 is 4.90 Å². The van der Waals surface area contributed by atoms with Gasteiger partial charge >= 0.3 is 0 Å². The van der Waals surface area contributed by atoms with Gasteiger partial charge in [-0.25, -0.2) is 4.68 Å². The molecule has 0 unspecified atom stereocenters. The highest BCUT2D eigenvalue weighted by Gasteiger charge is 2.25. The quantitative estimate of drug-likeness (QED) is 0.542. The lowest BCUT2D eigenvalue weighted by atomic mass is 10.1. The van der Waals surface area contributed by atoms with E-state index in [1.165, 1.54) is 19.3 Å². The zero-order chi connectivity index (χ0) is 22.8. The van der Waals surface area contributed by atoms with E-state index < -0.39 is 0 Å². The van der Waals surface area contributed by atoms with Gasteiger partial charge in [0, 0.05) is 57.4 Å². The molecule has 2 aliphatic heterocycles. The maximum Gasteiger partial charge on any atom is 0.184 e. The first-order valence-electron chi connectivity index (χ1n) is 12.3. The van der Waals surface area contributed by atoms with Crippen molar-refractivity contribution in [2.45, 2.75) is 45.7 Å². The third-order valence-electron chi connectivity index (χ3n) is 7.05. The predicted molar refractivity (Wildman–Crippen MR) is 135 cm³/mol. The van der Waals surface area contributed by atoms with Crippen molar-refractivity contribution >= 4 is 28.5 Å². The van der Waals surface area contributed by atoms with E-state index in [4.69, 9.17) is 16.7 Å². The molecule has 2 saturated heterocycles. The highest BCUT2D eigenvalue weighted by Crippen LogP contribution is 2.37. The Morgan fingerprint density at radius 1 is 0.879 bits per heavy atom. The molecule has 0 atom stereocenters. The van der Waals surface area contributed by atoms with Crippen LogP contribution in [0.25, 0.3) is 22.3 Å². The minimum atomic E-state index is 0.616. The lowest BCUT2D eigenvalue weighted by Crippen LogP contribution is -2.49. The summed E-state index contributed by atoms with van der Waals surface area (Å²) in [7, 11) is 0. The number of benzene rings is 1. The first-order valence-corrected chi connectivity index (χ1v) is 12.7. The van der Waals surface area contributed by atoms with Gasteiger partial charge in [-0.2, -0.15) is 5.10 Å². The van der Waals surface area contributed by atoms with Gasteiger partial charge < -0.3 is 4.90 Å². The van der Waals surface area contributed by atoms with Crippen molar-refractivity contribution in [3.63, 3.8) is 0 Å². The second-order valence-corrected chi connectivity index (χ2v) is 9.87. The molecule has 0 bridgehead atoms. The summed E-state index contributed by atoms with van der Waals surface area (Å²) in [5.74, 6) is 0.964. The number of piperidine rings is 1. The van der Waals surface area contributed by atoms with Crippen molar-refractivity contribution in [3.05, 3.63) is 35.4 Å². The lowest BCUT2D eigenvalue weighted by Gasteiger charge is -2.36. The van der Waals surface area contributed by atoms with Crippen LogP contribution in [0.3, 0.4) is 0 Å². The van der Waals surface area contributed by atoms with E-state index in [1.807, 2.05) is 35.0 Å². The minimum Gasteiger partial charge on any atom is -0.355 e. The van der Waals surface area contributed by atoms with E-state index in [1.54, 1.807) is 0 Å². The molecular weight excluding hydrogens is 434 g/mol. The number of anilines is 1. The number of fused-ring (bicyclic) bond motifs is 1. The first-order chi connectivity index (χ1) is 16.1. The SMILES string of the molecule is CC(C)N1CCN(CCn2nc(N3CCCCC3)c3c(Cl)c(-c4ccccc4)nnc32)CC1. The zero-order valence-corrected chi connectivity index (χ0v) is 20.5. The largest absolute Gasteiger partial charge is 0.355 e. The van der Waals surface area contributed by atoms with Gasteiger partial charge in [0.05, 0.1) is 17.0 Å². The van der Waals surface area contributed by atoms with Crippen molar-refractivity contribution in [1.82, 2.24) is 29.8 Å². The standard InChI is InChI=1S/C25H34ClN7/c1-19(2)31-16-13-30(14-17-31)15-18-33-24-21(25(29-33)32-11-7-4-8-12-32)22(26)23(27-28-24)20-9-5-3-6-10-20/h3,5-6,9-10,19H,4,7-8,11-18H2,1-2H3. The molecule has 0 aliphatic carbocycles. The van der Waals surface area contributed by atoms with Gasteiger partial charge in [-0.05, 0) is 33.1 Å². The molecule has 0 saturated carbocycles. The molecular formula is C25H34ClN7. The Bertz CT molecular complexity index is 1070. The Kier molecular flexibility index (Phi) is 6.81. The third kappa shape index (κ3) is 4.72. The first kappa shape index (κ1) is 22.6. The lowest BCUT2D eigenvalue weighted by molar-refractivity contribution is 0.105. The fourth-order valence-electron chi connectivity index (χ4n) is 5.00. The number of aromatic nitrogens is 4. The highest BCUT2D eigenvalue weighted by molar-refractivity contribution is 6.38. The molecule has 4 heterocycles. The molecule has 5 rings (SSSR count). The summed E-state index contributed by atoms with van der Waals surface area (Å²) >= 11 is 7.01. The van der Waals surface area contributed by atoms with Gasteiger partial charge in [0.2, 0.25) is 0 Å². The van der Waals surface area contributed by atoms with E-state index in [0.29, 0.717) is 11.1 Å². The monoisotopic (exact) mass is 467 g/mol. The fraction of sp³-hybridized carbons (Fsp3) is 0.560. The normalized spacial score (nSPS) is 18.5. The molecule has 0 spiro atoms.